The Morgan fingerprint density at radius 1 is 0.630 bits per heavy atom. The minimum atomic E-state index is -3.94. The van der Waals surface area contributed by atoms with E-state index < -0.39 is 63.7 Å². The molecule has 1 aliphatic heterocycles. The van der Waals surface area contributed by atoms with E-state index in [-0.39, 0.29) is 0 Å². The van der Waals surface area contributed by atoms with Gasteiger partial charge in [-0.25, -0.2) is 0 Å². The normalized spacial score (nSPS) is 41.7. The van der Waals surface area contributed by atoms with Crippen LogP contribution in [0.5, 0.6) is 0 Å². The van der Waals surface area contributed by atoms with E-state index >= 15 is 0 Å². The summed E-state index contributed by atoms with van der Waals surface area (Å²) in [5, 5.41) is 53.5. The van der Waals surface area contributed by atoms with Crippen molar-refractivity contribution in [1.82, 2.24) is 0 Å². The standard InChI is InChI=1S/C16H22O11/c1-7(18)12(6-17)13(23,8(2)19)14(24,9(3)20)15(25,10(4)21)16(26,27-12)11(5)22/h17,23-26H,6H2,1-5H3/t12-,13+,14-,15-,16?/m0/s1. The van der Waals surface area contributed by atoms with Gasteiger partial charge in [-0.2, -0.15) is 0 Å². The summed E-state index contributed by atoms with van der Waals surface area (Å²) in [6, 6.07) is 0. The third-order valence-electron chi connectivity index (χ3n) is 5.24. The predicted octanol–water partition coefficient (Wildman–Crippen LogP) is -3.43. The number of Topliss-reactive ketones (excluding diaryl/α,β-unsaturated/α-hetero) is 5. The monoisotopic (exact) mass is 390 g/mol. The number of carbonyl (C=O) groups is 5. The molecule has 1 aliphatic rings. The largest absolute Gasteiger partial charge is 0.393 e. The van der Waals surface area contributed by atoms with Gasteiger partial charge in [0, 0.05) is 6.92 Å². The quantitative estimate of drug-likeness (QED) is 0.303. The molecule has 1 fully saturated rings. The SMILES string of the molecule is CC(=O)C1(O)O[C@@](CO)(C(C)=O)[C@](O)(C(C)=O)[C@@](O)(C(C)=O)[C@@]1(O)C(C)=O. The fraction of sp³-hybridized carbons (Fsp3) is 0.688. The van der Waals surface area contributed by atoms with Gasteiger partial charge < -0.3 is 30.3 Å². The van der Waals surface area contributed by atoms with Gasteiger partial charge in [-0.1, -0.05) is 0 Å². The molecular formula is C16H22O11. The maximum Gasteiger partial charge on any atom is 0.268 e. The van der Waals surface area contributed by atoms with Gasteiger partial charge in [0.05, 0.1) is 6.61 Å². The molecule has 0 saturated carbocycles. The highest BCUT2D eigenvalue weighted by Gasteiger charge is 2.88. The highest BCUT2D eigenvalue weighted by Crippen LogP contribution is 2.54. The summed E-state index contributed by atoms with van der Waals surface area (Å²) in [7, 11) is 0. The molecule has 1 saturated heterocycles. The minimum absolute atomic E-state index is 0.538. The Morgan fingerprint density at radius 3 is 1.22 bits per heavy atom. The first-order chi connectivity index (χ1) is 12.0. The van der Waals surface area contributed by atoms with E-state index in [0.717, 1.165) is 0 Å². The third kappa shape index (κ3) is 2.21. The molecule has 0 radical (unpaired) electrons. The van der Waals surface area contributed by atoms with E-state index in [1.807, 2.05) is 0 Å². The summed E-state index contributed by atoms with van der Waals surface area (Å²) in [5.74, 6) is -11.5. The molecule has 0 bridgehead atoms. The number of rotatable bonds is 6. The third-order valence-corrected chi connectivity index (χ3v) is 5.24. The lowest BCUT2D eigenvalue weighted by Gasteiger charge is -2.63. The lowest BCUT2D eigenvalue weighted by molar-refractivity contribution is -0.409. The number of carbonyl (C=O) groups excluding carboxylic acids is 5. The zero-order chi connectivity index (χ0) is 21.8. The zero-order valence-corrected chi connectivity index (χ0v) is 15.4. The van der Waals surface area contributed by atoms with Crippen LogP contribution in [-0.2, 0) is 28.7 Å². The van der Waals surface area contributed by atoms with Crippen molar-refractivity contribution >= 4 is 28.9 Å². The molecule has 0 aromatic heterocycles. The Kier molecular flexibility index (Phi) is 5.43. The first kappa shape index (κ1) is 23.1. The molecule has 1 unspecified atom stereocenters. The van der Waals surface area contributed by atoms with E-state index in [2.05, 4.69) is 0 Å². The fourth-order valence-corrected chi connectivity index (χ4v) is 3.65. The first-order valence-corrected chi connectivity index (χ1v) is 7.74. The van der Waals surface area contributed by atoms with Crippen molar-refractivity contribution in [3.8, 4) is 0 Å². The maximum atomic E-state index is 12.4. The van der Waals surface area contributed by atoms with Crippen LogP contribution < -0.4 is 0 Å². The Labute approximate surface area is 153 Å². The summed E-state index contributed by atoms with van der Waals surface area (Å²) in [6.45, 7) is 1.33. The first-order valence-electron chi connectivity index (χ1n) is 7.74. The van der Waals surface area contributed by atoms with Gasteiger partial charge in [-0.15, -0.1) is 0 Å². The van der Waals surface area contributed by atoms with E-state index in [9.17, 15) is 49.5 Å². The van der Waals surface area contributed by atoms with Crippen LogP contribution in [0.15, 0.2) is 0 Å². The second-order valence-corrected chi connectivity index (χ2v) is 6.64. The lowest BCUT2D eigenvalue weighted by atomic mass is 9.53. The van der Waals surface area contributed by atoms with Crippen molar-refractivity contribution < 1.29 is 54.2 Å². The van der Waals surface area contributed by atoms with E-state index in [0.29, 0.717) is 34.6 Å². The van der Waals surface area contributed by atoms with Gasteiger partial charge in [0.1, 0.15) is 0 Å². The highest BCUT2D eigenvalue weighted by atomic mass is 16.7. The Hall–Kier alpha value is -1.89. The smallest absolute Gasteiger partial charge is 0.268 e. The van der Waals surface area contributed by atoms with Crippen LogP contribution in [0.4, 0.5) is 0 Å². The van der Waals surface area contributed by atoms with Gasteiger partial charge >= 0.3 is 0 Å². The molecule has 1 heterocycles. The summed E-state index contributed by atoms with van der Waals surface area (Å²) < 4.78 is 4.89. The number of hydrogen-bond acceptors (Lipinski definition) is 11. The second-order valence-electron chi connectivity index (χ2n) is 6.64. The van der Waals surface area contributed by atoms with Crippen LogP contribution in [-0.4, -0.2) is 89.2 Å². The van der Waals surface area contributed by atoms with Crippen LogP contribution in [0.2, 0.25) is 0 Å². The molecule has 11 nitrogen and oxygen atoms in total. The molecule has 5 N–H and O–H groups in total. The molecule has 11 heteroatoms. The van der Waals surface area contributed by atoms with Gasteiger partial charge in [0.15, 0.2) is 34.5 Å². The van der Waals surface area contributed by atoms with E-state index in [1.165, 1.54) is 0 Å². The van der Waals surface area contributed by atoms with Crippen LogP contribution in [0.25, 0.3) is 0 Å². The Bertz CT molecular complexity index is 745. The maximum absolute atomic E-state index is 12.4. The molecule has 0 amide bonds. The second kappa shape index (κ2) is 6.33. The highest BCUT2D eigenvalue weighted by molar-refractivity contribution is 6.12. The number of ketones is 5. The van der Waals surface area contributed by atoms with Gasteiger partial charge in [-0.3, -0.25) is 24.0 Å². The average molecular weight is 390 g/mol. The summed E-state index contributed by atoms with van der Waals surface area (Å²) in [5.41, 5.74) is -14.8. The molecule has 0 aliphatic carbocycles. The van der Waals surface area contributed by atoms with Crippen molar-refractivity contribution in [3.05, 3.63) is 0 Å². The van der Waals surface area contributed by atoms with Crippen LogP contribution in [0, 0.1) is 0 Å². The molecule has 0 aromatic carbocycles. The van der Waals surface area contributed by atoms with Crippen LogP contribution in [0.1, 0.15) is 34.6 Å². The Balaban J connectivity index is 4.36. The summed E-state index contributed by atoms with van der Waals surface area (Å²) in [6.07, 6.45) is 0. The van der Waals surface area contributed by atoms with Crippen molar-refractivity contribution in [3.63, 3.8) is 0 Å². The summed E-state index contributed by atoms with van der Waals surface area (Å²) >= 11 is 0. The predicted molar refractivity (Wildman–Crippen MR) is 84.1 cm³/mol. The van der Waals surface area contributed by atoms with E-state index in [4.69, 9.17) is 4.74 Å². The van der Waals surface area contributed by atoms with Gasteiger partial charge in [0.2, 0.25) is 16.8 Å². The molecule has 27 heavy (non-hydrogen) atoms. The molecule has 0 spiro atoms. The molecule has 0 aromatic rings. The lowest BCUT2D eigenvalue weighted by Crippen LogP contribution is -2.94. The molecule has 152 valence electrons. The fourth-order valence-electron chi connectivity index (χ4n) is 3.65. The average Bonchev–Trinajstić information content (AvgIpc) is 2.54. The topological polar surface area (TPSA) is 196 Å². The number of hydrogen-bond donors (Lipinski definition) is 5. The molecular weight excluding hydrogens is 368 g/mol. The van der Waals surface area contributed by atoms with Crippen LogP contribution in [0.3, 0.4) is 0 Å². The zero-order valence-electron chi connectivity index (χ0n) is 15.4. The van der Waals surface area contributed by atoms with Gasteiger partial charge in [-0.05, 0) is 27.7 Å². The van der Waals surface area contributed by atoms with Crippen molar-refractivity contribution in [2.24, 2.45) is 0 Å². The van der Waals surface area contributed by atoms with Gasteiger partial charge in [0.25, 0.3) is 5.79 Å². The van der Waals surface area contributed by atoms with Crippen LogP contribution >= 0.6 is 0 Å². The molecule has 5 atom stereocenters. The number of aliphatic hydroxyl groups excluding tert-OH is 1. The number of aliphatic hydroxyl groups is 5. The Morgan fingerprint density at radius 2 is 1.00 bits per heavy atom. The van der Waals surface area contributed by atoms with Crippen molar-refractivity contribution in [2.75, 3.05) is 6.61 Å². The summed E-state index contributed by atoms with van der Waals surface area (Å²) in [4.78, 5) is 61.2. The number of ether oxygens (including phenoxy) is 1. The van der Waals surface area contributed by atoms with E-state index in [1.54, 1.807) is 0 Å². The van der Waals surface area contributed by atoms with Crippen molar-refractivity contribution in [1.29, 1.82) is 0 Å². The van der Waals surface area contributed by atoms with Crippen molar-refractivity contribution in [2.45, 2.75) is 62.8 Å². The molecule has 1 rings (SSSR count). The minimum Gasteiger partial charge on any atom is -0.393 e.